The molecule has 2 rings (SSSR count). The van der Waals surface area contributed by atoms with Gasteiger partial charge in [0.15, 0.2) is 0 Å². The van der Waals surface area contributed by atoms with Crippen LogP contribution in [0.4, 0.5) is 0 Å². The highest BCUT2D eigenvalue weighted by Gasteiger charge is 2.29. The van der Waals surface area contributed by atoms with Gasteiger partial charge in [0, 0.05) is 30.2 Å². The summed E-state index contributed by atoms with van der Waals surface area (Å²) in [6.07, 6.45) is 5.32. The first kappa shape index (κ1) is 16.8. The summed E-state index contributed by atoms with van der Waals surface area (Å²) in [7, 11) is 0. The second kappa shape index (κ2) is 7.62. The Hall–Kier alpha value is -0.570. The third kappa shape index (κ3) is 4.21. The van der Waals surface area contributed by atoms with Crippen molar-refractivity contribution in [2.45, 2.75) is 58.5 Å². The molecule has 1 aromatic rings. The van der Waals surface area contributed by atoms with Gasteiger partial charge in [0.05, 0.1) is 0 Å². The van der Waals surface area contributed by atoms with Gasteiger partial charge in [-0.25, -0.2) is 0 Å². The van der Waals surface area contributed by atoms with Gasteiger partial charge in [0.1, 0.15) is 0 Å². The molecule has 1 atom stereocenters. The Morgan fingerprint density at radius 1 is 1.29 bits per heavy atom. The monoisotopic (exact) mass is 308 g/mol. The maximum absolute atomic E-state index is 6.33. The van der Waals surface area contributed by atoms with Gasteiger partial charge in [0.2, 0.25) is 0 Å². The van der Waals surface area contributed by atoms with Crippen molar-refractivity contribution in [3.05, 3.63) is 34.3 Å². The predicted molar refractivity (Wildman–Crippen MR) is 91.8 cm³/mol. The summed E-state index contributed by atoms with van der Waals surface area (Å²) in [5.41, 5.74) is 8.55. The zero-order valence-corrected chi connectivity index (χ0v) is 14.4. The van der Waals surface area contributed by atoms with Crippen molar-refractivity contribution in [2.24, 2.45) is 11.7 Å². The lowest BCUT2D eigenvalue weighted by molar-refractivity contribution is 0.121. The van der Waals surface area contributed by atoms with Crippen LogP contribution in [0.1, 0.15) is 56.7 Å². The summed E-state index contributed by atoms with van der Waals surface area (Å²) in [5.74, 6) is 0.653. The lowest BCUT2D eigenvalue weighted by atomic mass is 9.99. The van der Waals surface area contributed by atoms with Crippen molar-refractivity contribution >= 4 is 11.6 Å². The standard InChI is InChI=1S/C18H29ClN2/c1-13(2)12-21(16-6-4-5-7-16)18(11-20)15-9-8-14(3)17(19)10-15/h8-10,13,16,18H,4-7,11-12,20H2,1-3H3. The van der Waals surface area contributed by atoms with E-state index in [0.29, 0.717) is 18.5 Å². The number of nitrogens with two attached hydrogens (primary N) is 1. The number of hydrogen-bond acceptors (Lipinski definition) is 2. The molecule has 2 nitrogen and oxygen atoms in total. The molecule has 2 N–H and O–H groups in total. The number of hydrogen-bond donors (Lipinski definition) is 1. The van der Waals surface area contributed by atoms with Crippen molar-refractivity contribution in [1.29, 1.82) is 0 Å². The van der Waals surface area contributed by atoms with Crippen molar-refractivity contribution in [1.82, 2.24) is 4.90 Å². The molecule has 0 heterocycles. The number of aryl methyl sites for hydroxylation is 1. The molecule has 118 valence electrons. The van der Waals surface area contributed by atoms with Crippen LogP contribution in [0.15, 0.2) is 18.2 Å². The van der Waals surface area contributed by atoms with Gasteiger partial charge in [-0.05, 0) is 42.9 Å². The first-order valence-corrected chi connectivity index (χ1v) is 8.62. The molecule has 0 aliphatic heterocycles. The highest BCUT2D eigenvalue weighted by Crippen LogP contribution is 2.32. The maximum Gasteiger partial charge on any atom is 0.0474 e. The van der Waals surface area contributed by atoms with Crippen LogP contribution in [-0.4, -0.2) is 24.0 Å². The summed E-state index contributed by atoms with van der Waals surface area (Å²) in [6.45, 7) is 8.39. The Labute approximate surface area is 134 Å². The second-order valence-electron chi connectivity index (χ2n) is 6.79. The highest BCUT2D eigenvalue weighted by atomic mass is 35.5. The second-order valence-corrected chi connectivity index (χ2v) is 7.20. The van der Waals surface area contributed by atoms with Crippen molar-refractivity contribution < 1.29 is 0 Å². The largest absolute Gasteiger partial charge is 0.329 e. The van der Waals surface area contributed by atoms with Crippen molar-refractivity contribution in [2.75, 3.05) is 13.1 Å². The van der Waals surface area contributed by atoms with E-state index in [4.69, 9.17) is 17.3 Å². The minimum absolute atomic E-state index is 0.286. The highest BCUT2D eigenvalue weighted by molar-refractivity contribution is 6.31. The molecule has 21 heavy (non-hydrogen) atoms. The molecule has 0 spiro atoms. The van der Waals surface area contributed by atoms with Crippen LogP contribution in [0.25, 0.3) is 0 Å². The molecule has 3 heteroatoms. The van der Waals surface area contributed by atoms with Gasteiger partial charge in [-0.2, -0.15) is 0 Å². The summed E-state index contributed by atoms with van der Waals surface area (Å²) in [5, 5.41) is 0.849. The van der Waals surface area contributed by atoms with Gasteiger partial charge in [-0.1, -0.05) is 50.4 Å². The molecular formula is C18H29ClN2. The fourth-order valence-corrected chi connectivity index (χ4v) is 3.66. The summed E-state index contributed by atoms with van der Waals surface area (Å²) < 4.78 is 0. The van der Waals surface area contributed by atoms with Crippen LogP contribution in [-0.2, 0) is 0 Å². The molecule has 1 saturated carbocycles. The first-order valence-electron chi connectivity index (χ1n) is 8.24. The Morgan fingerprint density at radius 2 is 1.95 bits per heavy atom. The third-order valence-corrected chi connectivity index (χ3v) is 4.98. The quantitative estimate of drug-likeness (QED) is 0.835. The minimum atomic E-state index is 0.286. The molecule has 0 bridgehead atoms. The number of rotatable bonds is 6. The number of nitrogens with zero attached hydrogens (tertiary/aromatic N) is 1. The smallest absolute Gasteiger partial charge is 0.0474 e. The van der Waals surface area contributed by atoms with Crippen LogP contribution in [0.5, 0.6) is 0 Å². The van der Waals surface area contributed by atoms with Gasteiger partial charge < -0.3 is 5.73 Å². The number of benzene rings is 1. The molecule has 0 radical (unpaired) electrons. The molecule has 1 unspecified atom stereocenters. The van der Waals surface area contributed by atoms with E-state index in [1.165, 1.54) is 31.2 Å². The van der Waals surface area contributed by atoms with E-state index >= 15 is 0 Å². The van der Waals surface area contributed by atoms with Gasteiger partial charge in [-0.15, -0.1) is 0 Å². The normalized spacial score (nSPS) is 17.9. The molecule has 1 aromatic carbocycles. The van der Waals surface area contributed by atoms with E-state index in [2.05, 4.69) is 36.9 Å². The van der Waals surface area contributed by atoms with E-state index in [9.17, 15) is 0 Å². The average molecular weight is 309 g/mol. The zero-order valence-electron chi connectivity index (χ0n) is 13.6. The predicted octanol–water partition coefficient (Wildman–Crippen LogP) is 4.55. The summed E-state index contributed by atoms with van der Waals surface area (Å²) >= 11 is 6.33. The molecule has 0 amide bonds. The van der Waals surface area contributed by atoms with E-state index in [1.807, 2.05) is 6.92 Å². The zero-order chi connectivity index (χ0) is 15.4. The van der Waals surface area contributed by atoms with Crippen LogP contribution >= 0.6 is 11.6 Å². The minimum Gasteiger partial charge on any atom is -0.329 e. The van der Waals surface area contributed by atoms with Gasteiger partial charge >= 0.3 is 0 Å². The van der Waals surface area contributed by atoms with E-state index < -0.39 is 0 Å². The van der Waals surface area contributed by atoms with Crippen LogP contribution in [0.3, 0.4) is 0 Å². The molecule has 0 saturated heterocycles. The molecule has 1 aliphatic rings. The fraction of sp³-hybridized carbons (Fsp3) is 0.667. The molecular weight excluding hydrogens is 280 g/mol. The lowest BCUT2D eigenvalue weighted by Gasteiger charge is -2.37. The van der Waals surface area contributed by atoms with Gasteiger partial charge in [-0.3, -0.25) is 4.90 Å². The van der Waals surface area contributed by atoms with Crippen LogP contribution < -0.4 is 5.73 Å². The topological polar surface area (TPSA) is 29.3 Å². The maximum atomic E-state index is 6.33. The SMILES string of the molecule is Cc1ccc(C(CN)N(CC(C)C)C2CCCC2)cc1Cl. The van der Waals surface area contributed by atoms with Gasteiger partial charge in [0.25, 0.3) is 0 Å². The Kier molecular flexibility index (Phi) is 6.09. The Morgan fingerprint density at radius 3 is 2.48 bits per heavy atom. The van der Waals surface area contributed by atoms with Crippen LogP contribution in [0, 0.1) is 12.8 Å². The fourth-order valence-electron chi connectivity index (χ4n) is 3.47. The van der Waals surface area contributed by atoms with E-state index in [-0.39, 0.29) is 6.04 Å². The number of halogens is 1. The molecule has 1 aliphatic carbocycles. The van der Waals surface area contributed by atoms with E-state index in [1.54, 1.807) is 0 Å². The lowest BCUT2D eigenvalue weighted by Crippen LogP contribution is -2.42. The Balaban J connectivity index is 2.26. The summed E-state index contributed by atoms with van der Waals surface area (Å²) in [4.78, 5) is 2.64. The average Bonchev–Trinajstić information content (AvgIpc) is 2.96. The van der Waals surface area contributed by atoms with Crippen molar-refractivity contribution in [3.63, 3.8) is 0 Å². The molecule has 0 aromatic heterocycles. The van der Waals surface area contributed by atoms with Crippen LogP contribution in [0.2, 0.25) is 5.02 Å². The third-order valence-electron chi connectivity index (χ3n) is 4.57. The van der Waals surface area contributed by atoms with Crippen molar-refractivity contribution in [3.8, 4) is 0 Å². The molecule has 1 fully saturated rings. The first-order chi connectivity index (χ1) is 10.0. The summed E-state index contributed by atoms with van der Waals surface area (Å²) in [6, 6.07) is 7.38. The Bertz CT molecular complexity index is 453. The van der Waals surface area contributed by atoms with E-state index in [0.717, 1.165) is 17.1 Å².